The number of benzene rings is 1. The second kappa shape index (κ2) is 6.02. The number of rotatable bonds is 1. The summed E-state index contributed by atoms with van der Waals surface area (Å²) in [6, 6.07) is 9.90. The highest BCUT2D eigenvalue weighted by Gasteiger charge is 2.63. The number of hydrogen-bond acceptors (Lipinski definition) is 3. The van der Waals surface area contributed by atoms with Crippen LogP contribution in [0, 0.1) is 10.8 Å². The van der Waals surface area contributed by atoms with Crippen molar-refractivity contribution in [3.8, 4) is 0 Å². The Bertz CT molecular complexity index is 622. The first kappa shape index (κ1) is 15.9. The molecule has 3 aliphatic rings. The van der Waals surface area contributed by atoms with Crippen LogP contribution in [0.25, 0.3) is 0 Å². The second-order valence-corrected chi connectivity index (χ2v) is 7.88. The van der Waals surface area contributed by atoms with Crippen LogP contribution in [-0.2, 0) is 14.3 Å². The molecule has 4 rings (SSSR count). The van der Waals surface area contributed by atoms with Crippen molar-refractivity contribution in [2.75, 3.05) is 0 Å². The Morgan fingerprint density at radius 1 is 0.792 bits per heavy atom. The molecule has 128 valence electrons. The van der Waals surface area contributed by atoms with Gasteiger partial charge in [-0.3, -0.25) is 9.59 Å². The van der Waals surface area contributed by atoms with Crippen LogP contribution in [-0.4, -0.2) is 11.8 Å². The lowest BCUT2D eigenvalue weighted by molar-refractivity contribution is -0.198. The molecule has 1 heterocycles. The van der Waals surface area contributed by atoms with Crippen LogP contribution in [0.4, 0.5) is 0 Å². The largest absolute Gasteiger partial charge is 0.456 e. The lowest BCUT2D eigenvalue weighted by Gasteiger charge is -2.52. The lowest BCUT2D eigenvalue weighted by atomic mass is 9.55. The molecule has 1 aliphatic heterocycles. The number of esters is 1. The maximum absolute atomic E-state index is 13.8. The van der Waals surface area contributed by atoms with Crippen LogP contribution in [0.1, 0.15) is 75.9 Å². The Hall–Kier alpha value is -1.64. The average Bonchev–Trinajstić information content (AvgIpc) is 2.66. The third kappa shape index (κ3) is 2.24. The molecule has 2 saturated carbocycles. The first-order chi connectivity index (χ1) is 11.7. The Morgan fingerprint density at radius 2 is 1.38 bits per heavy atom. The van der Waals surface area contributed by atoms with Gasteiger partial charge in [-0.05, 0) is 31.2 Å². The Balaban J connectivity index is 1.79. The monoisotopic (exact) mass is 326 g/mol. The van der Waals surface area contributed by atoms with E-state index in [1.54, 1.807) is 0 Å². The van der Waals surface area contributed by atoms with Gasteiger partial charge in [-0.15, -0.1) is 0 Å². The van der Waals surface area contributed by atoms with Gasteiger partial charge in [0, 0.05) is 0 Å². The molecule has 0 N–H and O–H groups in total. The number of Topliss-reactive ketones (excluding diaryl/α,β-unsaturated/α-hetero) is 1. The molecule has 3 heteroatoms. The summed E-state index contributed by atoms with van der Waals surface area (Å²) in [4.78, 5) is 26.7. The van der Waals surface area contributed by atoms with E-state index >= 15 is 0 Å². The molecule has 1 saturated heterocycles. The van der Waals surface area contributed by atoms with Crippen LogP contribution in [0.5, 0.6) is 0 Å². The van der Waals surface area contributed by atoms with E-state index in [-0.39, 0.29) is 11.8 Å². The molecular weight excluding hydrogens is 300 g/mol. The van der Waals surface area contributed by atoms with Crippen LogP contribution < -0.4 is 0 Å². The molecule has 0 amide bonds. The van der Waals surface area contributed by atoms with Gasteiger partial charge in [0.1, 0.15) is 11.5 Å². The Labute approximate surface area is 143 Å². The van der Waals surface area contributed by atoms with Crippen molar-refractivity contribution in [1.29, 1.82) is 0 Å². The van der Waals surface area contributed by atoms with Crippen molar-refractivity contribution in [2.45, 2.75) is 70.3 Å². The summed E-state index contributed by atoms with van der Waals surface area (Å²) in [7, 11) is 0. The smallest absolute Gasteiger partial charge is 0.320 e. The summed E-state index contributed by atoms with van der Waals surface area (Å²) in [5, 5.41) is 0. The molecule has 1 atom stereocenters. The molecule has 0 radical (unpaired) electrons. The van der Waals surface area contributed by atoms with E-state index in [4.69, 9.17) is 4.74 Å². The fourth-order valence-electron chi connectivity index (χ4n) is 5.29. The first-order valence-electron chi connectivity index (χ1n) is 9.50. The number of ketones is 1. The van der Waals surface area contributed by atoms with Crippen molar-refractivity contribution >= 4 is 11.8 Å². The topological polar surface area (TPSA) is 43.4 Å². The quantitative estimate of drug-likeness (QED) is 0.552. The molecule has 0 unspecified atom stereocenters. The van der Waals surface area contributed by atoms with Gasteiger partial charge in [-0.25, -0.2) is 0 Å². The highest BCUT2D eigenvalue weighted by atomic mass is 16.5. The number of ether oxygens (including phenoxy) is 1. The highest BCUT2D eigenvalue weighted by Crippen LogP contribution is 2.58. The van der Waals surface area contributed by atoms with Gasteiger partial charge in [0.05, 0.1) is 5.41 Å². The van der Waals surface area contributed by atoms with E-state index in [9.17, 15) is 9.59 Å². The van der Waals surface area contributed by atoms with Crippen molar-refractivity contribution in [3.63, 3.8) is 0 Å². The molecule has 2 spiro atoms. The molecule has 0 bridgehead atoms. The van der Waals surface area contributed by atoms with Gasteiger partial charge in [0.15, 0.2) is 5.78 Å². The van der Waals surface area contributed by atoms with Gasteiger partial charge in [0.2, 0.25) is 0 Å². The molecule has 24 heavy (non-hydrogen) atoms. The third-order valence-electron chi connectivity index (χ3n) is 6.56. The van der Waals surface area contributed by atoms with Gasteiger partial charge >= 0.3 is 5.97 Å². The summed E-state index contributed by atoms with van der Waals surface area (Å²) >= 11 is 0. The molecule has 0 aromatic heterocycles. The Kier molecular flexibility index (Phi) is 3.98. The van der Waals surface area contributed by atoms with Gasteiger partial charge in [-0.1, -0.05) is 68.9 Å². The SMILES string of the molecule is O=C1O[C@H](c2ccccc2)C2(CCCCC2)C(=O)C12CCCCC2. The molecular formula is C21H26O3. The average molecular weight is 326 g/mol. The fraction of sp³-hybridized carbons (Fsp3) is 0.619. The minimum Gasteiger partial charge on any atom is -0.456 e. The van der Waals surface area contributed by atoms with E-state index < -0.39 is 16.9 Å². The second-order valence-electron chi connectivity index (χ2n) is 7.88. The molecule has 1 aromatic rings. The van der Waals surface area contributed by atoms with Crippen LogP contribution in [0.2, 0.25) is 0 Å². The molecule has 3 nitrogen and oxygen atoms in total. The zero-order valence-electron chi connectivity index (χ0n) is 14.3. The van der Waals surface area contributed by atoms with Crippen LogP contribution in [0.3, 0.4) is 0 Å². The number of hydrogen-bond donors (Lipinski definition) is 0. The van der Waals surface area contributed by atoms with Crippen molar-refractivity contribution < 1.29 is 14.3 Å². The summed E-state index contributed by atoms with van der Waals surface area (Å²) in [6.07, 6.45) is 9.05. The Morgan fingerprint density at radius 3 is 2.00 bits per heavy atom. The third-order valence-corrected chi connectivity index (χ3v) is 6.56. The van der Waals surface area contributed by atoms with E-state index in [0.717, 1.165) is 50.5 Å². The standard InChI is InChI=1S/C21H26O3/c22-18-20(12-6-2-7-13-20)17(16-10-4-1-5-11-16)24-19(23)21(18)14-8-3-9-15-21/h1,4-5,10-11,17H,2-3,6-9,12-15H2/t17-/m1/s1. The summed E-state index contributed by atoms with van der Waals surface area (Å²) in [6.45, 7) is 0. The van der Waals surface area contributed by atoms with E-state index in [2.05, 4.69) is 0 Å². The van der Waals surface area contributed by atoms with Gasteiger partial charge < -0.3 is 4.74 Å². The zero-order valence-corrected chi connectivity index (χ0v) is 14.3. The lowest BCUT2D eigenvalue weighted by Crippen LogP contribution is -2.58. The van der Waals surface area contributed by atoms with E-state index in [1.165, 1.54) is 6.42 Å². The predicted octanol–water partition coefficient (Wildman–Crippen LogP) is 4.75. The van der Waals surface area contributed by atoms with Crippen LogP contribution >= 0.6 is 0 Å². The molecule has 1 aromatic carbocycles. The normalized spacial score (nSPS) is 28.8. The maximum atomic E-state index is 13.8. The number of carbonyl (C=O) groups excluding carboxylic acids is 2. The van der Waals surface area contributed by atoms with Crippen LogP contribution in [0.15, 0.2) is 30.3 Å². The number of carbonyl (C=O) groups is 2. The summed E-state index contributed by atoms with van der Waals surface area (Å²) in [5.74, 6) is -0.0447. The fourth-order valence-corrected chi connectivity index (χ4v) is 5.29. The van der Waals surface area contributed by atoms with Crippen molar-refractivity contribution in [3.05, 3.63) is 35.9 Å². The summed E-state index contributed by atoms with van der Waals surface area (Å²) < 4.78 is 6.07. The molecule has 3 fully saturated rings. The van der Waals surface area contributed by atoms with E-state index in [0.29, 0.717) is 12.8 Å². The highest BCUT2D eigenvalue weighted by molar-refractivity contribution is 6.09. The van der Waals surface area contributed by atoms with Gasteiger partial charge in [0.25, 0.3) is 0 Å². The summed E-state index contributed by atoms with van der Waals surface area (Å²) in [5.41, 5.74) is -0.363. The first-order valence-corrected chi connectivity index (χ1v) is 9.50. The number of cyclic esters (lactones) is 1. The van der Waals surface area contributed by atoms with Gasteiger partial charge in [-0.2, -0.15) is 0 Å². The molecule has 2 aliphatic carbocycles. The predicted molar refractivity (Wildman–Crippen MR) is 91.3 cm³/mol. The van der Waals surface area contributed by atoms with E-state index in [1.807, 2.05) is 30.3 Å². The van der Waals surface area contributed by atoms with Crippen molar-refractivity contribution in [2.24, 2.45) is 10.8 Å². The zero-order chi connectivity index (χ0) is 16.6. The van der Waals surface area contributed by atoms with Crippen molar-refractivity contribution in [1.82, 2.24) is 0 Å². The maximum Gasteiger partial charge on any atom is 0.320 e. The minimum absolute atomic E-state index is 0.208. The minimum atomic E-state index is -0.846.